The third-order valence-electron chi connectivity index (χ3n) is 6.14. The zero-order chi connectivity index (χ0) is 21.8. The van der Waals surface area contributed by atoms with E-state index in [1.54, 1.807) is 0 Å². The largest absolute Gasteiger partial charge is 0.505 e. The Morgan fingerprint density at radius 1 is 0.871 bits per heavy atom. The molecule has 6 nitrogen and oxygen atoms in total. The Labute approximate surface area is 185 Å². The molecule has 2 aromatic rings. The van der Waals surface area contributed by atoms with E-state index in [9.17, 15) is 5.11 Å². The number of hydrogen-bond acceptors (Lipinski definition) is 6. The molecule has 6 heteroatoms. The van der Waals surface area contributed by atoms with Gasteiger partial charge in [0.1, 0.15) is 11.4 Å². The molecular formula is C25H35N3O3. The van der Waals surface area contributed by atoms with Crippen molar-refractivity contribution >= 4 is 0 Å². The zero-order valence-corrected chi connectivity index (χ0v) is 19.1. The fraction of sp³-hybridized carbons (Fsp3) is 0.560. The van der Waals surface area contributed by atoms with Gasteiger partial charge in [-0.1, -0.05) is 45.0 Å². The summed E-state index contributed by atoms with van der Waals surface area (Å²) in [4.78, 5) is 9.61. The number of nitrogens with zero attached hydrogens (tertiary/aromatic N) is 3. The Kier molecular flexibility index (Phi) is 6.92. The first-order chi connectivity index (χ1) is 14.9. The lowest BCUT2D eigenvalue weighted by atomic mass is 9.86. The average molecular weight is 426 g/mol. The fourth-order valence-corrected chi connectivity index (χ4v) is 4.17. The predicted octanol–water partition coefficient (Wildman–Crippen LogP) is 3.42. The van der Waals surface area contributed by atoms with E-state index in [2.05, 4.69) is 60.9 Å². The molecule has 1 aromatic carbocycles. The summed E-state index contributed by atoms with van der Waals surface area (Å²) in [5.41, 5.74) is 4.93. The number of aromatic nitrogens is 1. The van der Waals surface area contributed by atoms with Crippen LogP contribution >= 0.6 is 0 Å². The maximum Gasteiger partial charge on any atom is 0.146 e. The van der Waals surface area contributed by atoms with Crippen LogP contribution in [0.15, 0.2) is 30.3 Å². The quantitative estimate of drug-likeness (QED) is 0.792. The van der Waals surface area contributed by atoms with Crippen LogP contribution in [0.5, 0.6) is 5.75 Å². The van der Waals surface area contributed by atoms with Crippen LogP contribution in [0.4, 0.5) is 0 Å². The number of aromatic hydroxyl groups is 1. The number of rotatable bonds is 5. The minimum Gasteiger partial charge on any atom is -0.505 e. The van der Waals surface area contributed by atoms with E-state index in [4.69, 9.17) is 14.5 Å². The van der Waals surface area contributed by atoms with Crippen molar-refractivity contribution in [1.29, 1.82) is 0 Å². The molecule has 0 radical (unpaired) electrons. The molecule has 1 N–H and O–H groups in total. The fourth-order valence-electron chi connectivity index (χ4n) is 4.17. The van der Waals surface area contributed by atoms with Crippen molar-refractivity contribution in [3.63, 3.8) is 0 Å². The molecule has 1 aromatic heterocycles. The predicted molar refractivity (Wildman–Crippen MR) is 122 cm³/mol. The van der Waals surface area contributed by atoms with Gasteiger partial charge in [-0.05, 0) is 17.0 Å². The van der Waals surface area contributed by atoms with Crippen molar-refractivity contribution in [2.24, 2.45) is 0 Å². The van der Waals surface area contributed by atoms with E-state index < -0.39 is 0 Å². The lowest BCUT2D eigenvalue weighted by Crippen LogP contribution is -2.36. The zero-order valence-electron chi connectivity index (χ0n) is 19.1. The third kappa shape index (κ3) is 5.63. The van der Waals surface area contributed by atoms with Gasteiger partial charge in [0.25, 0.3) is 0 Å². The normalized spacial score (nSPS) is 18.9. The molecule has 0 saturated carbocycles. The smallest absolute Gasteiger partial charge is 0.146 e. The lowest BCUT2D eigenvalue weighted by Gasteiger charge is -2.28. The summed E-state index contributed by atoms with van der Waals surface area (Å²) in [6.45, 7) is 14.7. The molecule has 2 aliphatic rings. The van der Waals surface area contributed by atoms with Crippen LogP contribution in [0.25, 0.3) is 11.3 Å². The van der Waals surface area contributed by atoms with Gasteiger partial charge in [-0.25, -0.2) is 4.98 Å². The van der Waals surface area contributed by atoms with Gasteiger partial charge in [0.05, 0.1) is 32.1 Å². The van der Waals surface area contributed by atoms with Gasteiger partial charge in [-0.2, -0.15) is 0 Å². The van der Waals surface area contributed by atoms with Crippen LogP contribution in [0.2, 0.25) is 0 Å². The van der Waals surface area contributed by atoms with Crippen molar-refractivity contribution in [1.82, 2.24) is 14.8 Å². The Bertz CT molecular complexity index is 865. The second-order valence-corrected chi connectivity index (χ2v) is 9.57. The first-order valence-electron chi connectivity index (χ1n) is 11.3. The standard InChI is InChI=1S/C25H35N3O3/c1-25(2,3)21-6-4-19(5-7-21)23-24(29)20(17-27-8-12-30-13-9-27)16-22(26-23)18-28-10-14-31-15-11-28/h4-7,16,29H,8-15,17-18H2,1-3H3. The number of hydrogen-bond donors (Lipinski definition) is 1. The number of benzene rings is 1. The van der Waals surface area contributed by atoms with Crippen LogP contribution in [0.1, 0.15) is 37.6 Å². The van der Waals surface area contributed by atoms with Gasteiger partial charge in [0.2, 0.25) is 0 Å². The van der Waals surface area contributed by atoms with Crippen LogP contribution in [-0.4, -0.2) is 72.5 Å². The van der Waals surface area contributed by atoms with Crippen LogP contribution in [0.3, 0.4) is 0 Å². The van der Waals surface area contributed by atoms with Crippen LogP contribution < -0.4 is 0 Å². The monoisotopic (exact) mass is 425 g/mol. The molecule has 0 amide bonds. The third-order valence-corrected chi connectivity index (χ3v) is 6.14. The van der Waals surface area contributed by atoms with Crippen molar-refractivity contribution in [2.45, 2.75) is 39.3 Å². The van der Waals surface area contributed by atoms with E-state index in [0.29, 0.717) is 18.0 Å². The summed E-state index contributed by atoms with van der Waals surface area (Å²) in [5, 5.41) is 11.2. The molecule has 0 bridgehead atoms. The Morgan fingerprint density at radius 3 is 1.97 bits per heavy atom. The Balaban J connectivity index is 1.66. The summed E-state index contributed by atoms with van der Waals surface area (Å²) in [7, 11) is 0. The van der Waals surface area contributed by atoms with Gasteiger partial charge in [-0.15, -0.1) is 0 Å². The van der Waals surface area contributed by atoms with Crippen molar-refractivity contribution in [3.05, 3.63) is 47.2 Å². The highest BCUT2D eigenvalue weighted by Crippen LogP contribution is 2.34. The molecule has 0 spiro atoms. The highest BCUT2D eigenvalue weighted by atomic mass is 16.5. The minimum absolute atomic E-state index is 0.0910. The van der Waals surface area contributed by atoms with E-state index in [1.807, 2.05) is 0 Å². The summed E-state index contributed by atoms with van der Waals surface area (Å²) in [6.07, 6.45) is 0. The minimum atomic E-state index is 0.0910. The molecule has 31 heavy (non-hydrogen) atoms. The molecule has 3 heterocycles. The second-order valence-electron chi connectivity index (χ2n) is 9.57. The van der Waals surface area contributed by atoms with E-state index >= 15 is 0 Å². The lowest BCUT2D eigenvalue weighted by molar-refractivity contribution is 0.0328. The molecule has 2 saturated heterocycles. The molecular weight excluding hydrogens is 390 g/mol. The van der Waals surface area contributed by atoms with Crippen LogP contribution in [0, 0.1) is 0 Å². The first kappa shape index (κ1) is 22.2. The summed E-state index contributed by atoms with van der Waals surface area (Å²) >= 11 is 0. The first-order valence-corrected chi connectivity index (χ1v) is 11.3. The number of morpholine rings is 2. The molecule has 4 rings (SSSR count). The van der Waals surface area contributed by atoms with E-state index in [0.717, 1.165) is 76.0 Å². The summed E-state index contributed by atoms with van der Waals surface area (Å²) in [5.74, 6) is 0.292. The van der Waals surface area contributed by atoms with E-state index in [-0.39, 0.29) is 5.41 Å². The average Bonchev–Trinajstić information content (AvgIpc) is 2.77. The maximum absolute atomic E-state index is 11.2. The maximum atomic E-state index is 11.2. The molecule has 2 fully saturated rings. The summed E-state index contributed by atoms with van der Waals surface area (Å²) < 4.78 is 11.0. The van der Waals surface area contributed by atoms with E-state index in [1.165, 1.54) is 5.56 Å². The van der Waals surface area contributed by atoms with Crippen LogP contribution in [-0.2, 0) is 28.0 Å². The van der Waals surface area contributed by atoms with Gasteiger partial charge in [0.15, 0.2) is 0 Å². The molecule has 0 unspecified atom stereocenters. The highest BCUT2D eigenvalue weighted by molar-refractivity contribution is 5.68. The topological polar surface area (TPSA) is 58.1 Å². The highest BCUT2D eigenvalue weighted by Gasteiger charge is 2.20. The second kappa shape index (κ2) is 9.65. The van der Waals surface area contributed by atoms with Crippen molar-refractivity contribution in [2.75, 3.05) is 52.6 Å². The Hall–Kier alpha value is -1.99. The molecule has 0 atom stereocenters. The van der Waals surface area contributed by atoms with Gasteiger partial charge in [-0.3, -0.25) is 9.80 Å². The van der Waals surface area contributed by atoms with Gasteiger partial charge < -0.3 is 14.6 Å². The SMILES string of the molecule is CC(C)(C)c1ccc(-c2nc(CN3CCOCC3)cc(CN3CCOCC3)c2O)cc1. The molecule has 2 aliphatic heterocycles. The van der Waals surface area contributed by atoms with Gasteiger partial charge in [0, 0.05) is 50.4 Å². The molecule has 168 valence electrons. The number of pyridine rings is 1. The van der Waals surface area contributed by atoms with Crippen molar-refractivity contribution in [3.8, 4) is 17.0 Å². The molecule has 0 aliphatic carbocycles. The summed E-state index contributed by atoms with van der Waals surface area (Å²) in [6, 6.07) is 10.5. The van der Waals surface area contributed by atoms with Crippen molar-refractivity contribution < 1.29 is 14.6 Å². The number of ether oxygens (including phenoxy) is 2. The Morgan fingerprint density at radius 2 is 1.42 bits per heavy atom. The van der Waals surface area contributed by atoms with Gasteiger partial charge >= 0.3 is 0 Å².